The molecule has 0 fully saturated rings. The minimum absolute atomic E-state index is 0.0315. The zero-order valence-electron chi connectivity index (χ0n) is 18.7. The van der Waals surface area contributed by atoms with Crippen LogP contribution in [-0.2, 0) is 4.79 Å². The van der Waals surface area contributed by atoms with Crippen LogP contribution >= 0.6 is 11.8 Å². The van der Waals surface area contributed by atoms with E-state index in [0.29, 0.717) is 18.1 Å². The number of carbonyl (C=O) groups is 1. The van der Waals surface area contributed by atoms with Gasteiger partial charge in [0.2, 0.25) is 11.1 Å². The highest BCUT2D eigenvalue weighted by Gasteiger charge is 2.21. The fourth-order valence-corrected chi connectivity index (χ4v) is 3.97. The van der Waals surface area contributed by atoms with Crippen molar-refractivity contribution in [3.63, 3.8) is 0 Å². The second kappa shape index (κ2) is 11.0. The molecule has 0 aliphatic rings. The van der Waals surface area contributed by atoms with Crippen molar-refractivity contribution in [2.24, 2.45) is 0 Å². The number of hydrogen-bond acceptors (Lipinski definition) is 5. The zero-order chi connectivity index (χ0) is 22.2. The molecule has 1 aromatic heterocycles. The summed E-state index contributed by atoms with van der Waals surface area (Å²) in [6.07, 6.45) is 2.73. The molecule has 0 radical (unpaired) electrons. The average molecular weight is 435 g/mol. The van der Waals surface area contributed by atoms with Gasteiger partial charge in [-0.1, -0.05) is 91.7 Å². The Labute approximate surface area is 189 Å². The minimum atomic E-state index is -0.241. The van der Waals surface area contributed by atoms with Gasteiger partial charge in [0.1, 0.15) is 11.4 Å². The molecule has 1 atom stereocenters. The molecule has 1 N–H and O–H groups in total. The first-order valence-corrected chi connectivity index (χ1v) is 11.7. The third kappa shape index (κ3) is 6.14. The Hall–Kier alpha value is -2.73. The number of hydrogen-bond donors (Lipinski definition) is 1. The predicted molar refractivity (Wildman–Crippen MR) is 128 cm³/mol. The van der Waals surface area contributed by atoms with Gasteiger partial charge in [-0.2, -0.15) is 0 Å². The van der Waals surface area contributed by atoms with Crippen LogP contribution < -0.4 is 5.32 Å². The number of nitrogens with zero attached hydrogens (tertiary/aromatic N) is 3. The number of rotatable bonds is 9. The molecular formula is C25H30N4OS. The van der Waals surface area contributed by atoms with E-state index in [2.05, 4.69) is 72.7 Å². The molecule has 3 rings (SSSR count). The smallest absolute Gasteiger partial charge is 0.233 e. The van der Waals surface area contributed by atoms with Gasteiger partial charge in [-0.15, -0.1) is 10.2 Å². The normalized spacial score (nSPS) is 11.9. The van der Waals surface area contributed by atoms with Crippen molar-refractivity contribution in [1.29, 1.82) is 0 Å². The molecule has 2 aromatic carbocycles. The summed E-state index contributed by atoms with van der Waals surface area (Å²) in [4.78, 5) is 17.4. The maximum absolute atomic E-state index is 12.6. The second-order valence-electron chi connectivity index (χ2n) is 7.68. The first-order chi connectivity index (χ1) is 15.0. The molecule has 0 aliphatic heterocycles. The lowest BCUT2D eigenvalue weighted by Crippen LogP contribution is -2.33. The van der Waals surface area contributed by atoms with Gasteiger partial charge < -0.3 is 5.32 Å². The SMILES string of the molecule is CCCCNC(=O)C(CC)Sc1nnc(-c2ccc(C)cc2)c(-c2ccc(C)cc2)n1. The van der Waals surface area contributed by atoms with Crippen LogP contribution in [0.5, 0.6) is 0 Å². The Morgan fingerprint density at radius 2 is 1.48 bits per heavy atom. The van der Waals surface area contributed by atoms with Crippen molar-refractivity contribution in [3.8, 4) is 22.5 Å². The number of benzene rings is 2. The van der Waals surface area contributed by atoms with Crippen molar-refractivity contribution >= 4 is 17.7 Å². The van der Waals surface area contributed by atoms with Crippen molar-refractivity contribution in [2.45, 2.75) is 57.4 Å². The molecule has 1 amide bonds. The van der Waals surface area contributed by atoms with Crippen molar-refractivity contribution in [2.75, 3.05) is 6.54 Å². The summed E-state index contributed by atoms with van der Waals surface area (Å²) in [6, 6.07) is 16.5. The highest BCUT2D eigenvalue weighted by Crippen LogP contribution is 2.31. The standard InChI is InChI=1S/C25H30N4OS/c1-5-7-16-26-24(30)21(6-2)31-25-27-22(19-12-8-17(3)9-13-19)23(28-29-25)20-14-10-18(4)11-15-20/h8-15,21H,5-7,16H2,1-4H3,(H,26,30). The highest BCUT2D eigenvalue weighted by atomic mass is 32.2. The summed E-state index contributed by atoms with van der Waals surface area (Å²) in [5.41, 5.74) is 5.86. The van der Waals surface area contributed by atoms with Crippen molar-refractivity contribution < 1.29 is 4.79 Å². The maximum atomic E-state index is 12.6. The molecular weight excluding hydrogens is 404 g/mol. The first kappa shape index (κ1) is 22.9. The van der Waals surface area contributed by atoms with Gasteiger partial charge in [0.15, 0.2) is 0 Å². The van der Waals surface area contributed by atoms with Crippen LogP contribution in [-0.4, -0.2) is 32.9 Å². The Morgan fingerprint density at radius 3 is 2.03 bits per heavy atom. The van der Waals surface area contributed by atoms with Gasteiger partial charge in [-0.05, 0) is 26.7 Å². The lowest BCUT2D eigenvalue weighted by atomic mass is 10.0. The highest BCUT2D eigenvalue weighted by molar-refractivity contribution is 8.00. The molecule has 0 aliphatic carbocycles. The number of carbonyl (C=O) groups excluding carboxylic acids is 1. The van der Waals surface area contributed by atoms with E-state index in [1.165, 1.54) is 22.9 Å². The first-order valence-electron chi connectivity index (χ1n) is 10.8. The molecule has 3 aromatic rings. The van der Waals surface area contributed by atoms with E-state index in [1.807, 2.05) is 19.1 Å². The average Bonchev–Trinajstić information content (AvgIpc) is 2.78. The van der Waals surface area contributed by atoms with E-state index in [-0.39, 0.29) is 11.2 Å². The van der Waals surface area contributed by atoms with E-state index in [0.717, 1.165) is 35.4 Å². The largest absolute Gasteiger partial charge is 0.355 e. The molecule has 1 heterocycles. The number of amides is 1. The van der Waals surface area contributed by atoms with Crippen LogP contribution in [0, 0.1) is 13.8 Å². The van der Waals surface area contributed by atoms with E-state index in [9.17, 15) is 4.79 Å². The zero-order valence-corrected chi connectivity index (χ0v) is 19.5. The monoisotopic (exact) mass is 434 g/mol. The molecule has 162 valence electrons. The topological polar surface area (TPSA) is 67.8 Å². The predicted octanol–water partition coefficient (Wildman–Crippen LogP) is 5.61. The quantitative estimate of drug-likeness (QED) is 0.350. The van der Waals surface area contributed by atoms with Crippen LogP contribution in [0.25, 0.3) is 22.5 Å². The van der Waals surface area contributed by atoms with Gasteiger partial charge in [-0.25, -0.2) is 4.98 Å². The molecule has 31 heavy (non-hydrogen) atoms. The molecule has 6 heteroatoms. The third-order valence-corrected chi connectivity index (χ3v) is 6.27. The van der Waals surface area contributed by atoms with Crippen LogP contribution in [0.15, 0.2) is 53.7 Å². The van der Waals surface area contributed by atoms with E-state index < -0.39 is 0 Å². The fourth-order valence-electron chi connectivity index (χ4n) is 3.13. The van der Waals surface area contributed by atoms with Crippen LogP contribution in [0.4, 0.5) is 0 Å². The lowest BCUT2D eigenvalue weighted by Gasteiger charge is -2.15. The number of unbranched alkanes of at least 4 members (excludes halogenated alkanes) is 1. The Morgan fingerprint density at radius 1 is 0.903 bits per heavy atom. The van der Waals surface area contributed by atoms with Gasteiger partial charge in [0, 0.05) is 17.7 Å². The van der Waals surface area contributed by atoms with Crippen molar-refractivity contribution in [1.82, 2.24) is 20.5 Å². The third-order valence-electron chi connectivity index (χ3n) is 5.06. The van der Waals surface area contributed by atoms with Gasteiger partial charge in [0.05, 0.1) is 5.25 Å². The Balaban J connectivity index is 1.94. The Kier molecular flexibility index (Phi) is 8.18. The lowest BCUT2D eigenvalue weighted by molar-refractivity contribution is -0.120. The van der Waals surface area contributed by atoms with Gasteiger partial charge >= 0.3 is 0 Å². The molecule has 0 bridgehead atoms. The van der Waals surface area contributed by atoms with E-state index in [4.69, 9.17) is 4.98 Å². The van der Waals surface area contributed by atoms with Gasteiger partial charge in [0.25, 0.3) is 0 Å². The molecule has 0 spiro atoms. The summed E-state index contributed by atoms with van der Waals surface area (Å²) in [7, 11) is 0. The van der Waals surface area contributed by atoms with Crippen LogP contribution in [0.1, 0.15) is 44.2 Å². The number of thioether (sulfide) groups is 1. The van der Waals surface area contributed by atoms with Crippen LogP contribution in [0.2, 0.25) is 0 Å². The maximum Gasteiger partial charge on any atom is 0.233 e. The Bertz CT molecular complexity index is 1000. The van der Waals surface area contributed by atoms with E-state index >= 15 is 0 Å². The summed E-state index contributed by atoms with van der Waals surface area (Å²) >= 11 is 1.38. The molecule has 1 unspecified atom stereocenters. The molecule has 0 saturated heterocycles. The fraction of sp³-hybridized carbons (Fsp3) is 0.360. The number of aromatic nitrogens is 3. The summed E-state index contributed by atoms with van der Waals surface area (Å²) in [6.45, 7) is 8.94. The number of aryl methyl sites for hydroxylation is 2. The van der Waals surface area contributed by atoms with Crippen molar-refractivity contribution in [3.05, 3.63) is 59.7 Å². The summed E-state index contributed by atoms with van der Waals surface area (Å²) in [5.74, 6) is 0.0315. The molecule has 5 nitrogen and oxygen atoms in total. The number of nitrogens with one attached hydrogen (secondary N) is 1. The second-order valence-corrected chi connectivity index (χ2v) is 8.85. The summed E-state index contributed by atoms with van der Waals surface area (Å²) < 4.78 is 0. The van der Waals surface area contributed by atoms with Crippen LogP contribution in [0.3, 0.4) is 0 Å². The summed E-state index contributed by atoms with van der Waals surface area (Å²) in [5, 5.41) is 12.2. The van der Waals surface area contributed by atoms with Gasteiger partial charge in [-0.3, -0.25) is 4.79 Å². The van der Waals surface area contributed by atoms with E-state index in [1.54, 1.807) is 0 Å². The minimum Gasteiger partial charge on any atom is -0.355 e. The molecule has 0 saturated carbocycles.